The number of methoxy groups -OCH3 is 1. The highest BCUT2D eigenvalue weighted by Gasteiger charge is 2.16. The summed E-state index contributed by atoms with van der Waals surface area (Å²) in [5.74, 6) is 0.210. The van der Waals surface area contributed by atoms with Gasteiger partial charge in [-0.3, -0.25) is 4.79 Å². The molecule has 0 aliphatic rings. The van der Waals surface area contributed by atoms with Crippen molar-refractivity contribution >= 4 is 5.78 Å². The second kappa shape index (κ2) is 6.99. The summed E-state index contributed by atoms with van der Waals surface area (Å²) in [6.07, 6.45) is -0.641. The number of carbonyl (C=O) groups is 1. The highest BCUT2D eigenvalue weighted by atomic mass is 19.1. The van der Waals surface area contributed by atoms with Crippen molar-refractivity contribution in [3.63, 3.8) is 0 Å². The van der Waals surface area contributed by atoms with Gasteiger partial charge in [0.15, 0.2) is 5.78 Å². The summed E-state index contributed by atoms with van der Waals surface area (Å²) in [5.41, 5.74) is 0.976. The zero-order valence-corrected chi connectivity index (χ0v) is 12.0. The molecule has 0 saturated heterocycles. The van der Waals surface area contributed by atoms with Crippen LogP contribution in [-0.4, -0.2) is 19.0 Å². The van der Waals surface area contributed by atoms with Gasteiger partial charge in [-0.25, -0.2) is 4.39 Å². The van der Waals surface area contributed by atoms with Gasteiger partial charge >= 0.3 is 0 Å². The standard InChI is InChI=1S/C17H17FO3/c1-12(21-11-14-5-3-4-6-16(14)18)17(19)13-7-9-15(20-2)10-8-13/h3-10,12H,11H2,1-2H3. The summed E-state index contributed by atoms with van der Waals surface area (Å²) in [5, 5.41) is 0. The molecule has 1 unspecified atom stereocenters. The zero-order valence-electron chi connectivity index (χ0n) is 12.0. The van der Waals surface area contributed by atoms with Crippen molar-refractivity contribution in [2.45, 2.75) is 19.6 Å². The molecule has 3 nitrogen and oxygen atoms in total. The number of carbonyl (C=O) groups excluding carboxylic acids is 1. The molecule has 0 bridgehead atoms. The smallest absolute Gasteiger partial charge is 0.191 e. The van der Waals surface area contributed by atoms with E-state index in [9.17, 15) is 9.18 Å². The number of rotatable bonds is 6. The van der Waals surface area contributed by atoms with Gasteiger partial charge in [0.2, 0.25) is 0 Å². The first-order valence-electron chi connectivity index (χ1n) is 6.65. The molecule has 2 aromatic carbocycles. The predicted octanol–water partition coefficient (Wildman–Crippen LogP) is 3.62. The quantitative estimate of drug-likeness (QED) is 0.762. The van der Waals surface area contributed by atoms with Crippen LogP contribution in [0, 0.1) is 5.82 Å². The molecule has 2 rings (SSSR count). The lowest BCUT2D eigenvalue weighted by Crippen LogP contribution is -2.21. The highest BCUT2D eigenvalue weighted by molar-refractivity contribution is 5.99. The highest BCUT2D eigenvalue weighted by Crippen LogP contribution is 2.15. The first-order chi connectivity index (χ1) is 10.1. The van der Waals surface area contributed by atoms with Crippen LogP contribution in [0.5, 0.6) is 5.75 Å². The molecular formula is C17H17FO3. The van der Waals surface area contributed by atoms with E-state index in [1.54, 1.807) is 56.5 Å². The van der Waals surface area contributed by atoms with Crippen molar-refractivity contribution in [3.8, 4) is 5.75 Å². The topological polar surface area (TPSA) is 35.5 Å². The van der Waals surface area contributed by atoms with Crippen LogP contribution in [0.2, 0.25) is 0 Å². The molecule has 110 valence electrons. The van der Waals surface area contributed by atoms with E-state index in [1.807, 2.05) is 0 Å². The maximum atomic E-state index is 13.5. The molecule has 0 radical (unpaired) electrons. The van der Waals surface area contributed by atoms with Gasteiger partial charge in [0.1, 0.15) is 17.7 Å². The van der Waals surface area contributed by atoms with Crippen LogP contribution in [0.4, 0.5) is 4.39 Å². The van der Waals surface area contributed by atoms with Crippen molar-refractivity contribution in [1.29, 1.82) is 0 Å². The molecule has 1 atom stereocenters. The lowest BCUT2D eigenvalue weighted by atomic mass is 10.1. The lowest BCUT2D eigenvalue weighted by molar-refractivity contribution is 0.0403. The van der Waals surface area contributed by atoms with E-state index in [2.05, 4.69) is 0 Å². The van der Waals surface area contributed by atoms with Gasteiger partial charge in [0.25, 0.3) is 0 Å². The lowest BCUT2D eigenvalue weighted by Gasteiger charge is -2.13. The molecular weight excluding hydrogens is 271 g/mol. The van der Waals surface area contributed by atoms with Gasteiger partial charge in [0, 0.05) is 11.1 Å². The maximum absolute atomic E-state index is 13.5. The minimum atomic E-state index is -0.641. The van der Waals surface area contributed by atoms with E-state index in [4.69, 9.17) is 9.47 Å². The number of hydrogen-bond donors (Lipinski definition) is 0. The largest absolute Gasteiger partial charge is 0.497 e. The Morgan fingerprint density at radius 1 is 1.14 bits per heavy atom. The number of halogens is 1. The molecule has 21 heavy (non-hydrogen) atoms. The summed E-state index contributed by atoms with van der Waals surface area (Å²) < 4.78 is 24.0. The second-order valence-electron chi connectivity index (χ2n) is 4.64. The number of hydrogen-bond acceptors (Lipinski definition) is 3. The third-order valence-corrected chi connectivity index (χ3v) is 3.19. The van der Waals surface area contributed by atoms with Gasteiger partial charge in [-0.2, -0.15) is 0 Å². The van der Waals surface area contributed by atoms with Crippen molar-refractivity contribution < 1.29 is 18.7 Å². The third kappa shape index (κ3) is 3.89. The van der Waals surface area contributed by atoms with Crippen LogP contribution in [0.25, 0.3) is 0 Å². The average Bonchev–Trinajstić information content (AvgIpc) is 2.53. The Hall–Kier alpha value is -2.20. The van der Waals surface area contributed by atoms with E-state index in [1.165, 1.54) is 6.07 Å². The summed E-state index contributed by atoms with van der Waals surface area (Å²) >= 11 is 0. The Labute approximate surface area is 123 Å². The predicted molar refractivity (Wildman–Crippen MR) is 78.0 cm³/mol. The van der Waals surface area contributed by atoms with Crippen LogP contribution < -0.4 is 4.74 Å². The fourth-order valence-electron chi connectivity index (χ4n) is 1.90. The second-order valence-corrected chi connectivity index (χ2v) is 4.64. The van der Waals surface area contributed by atoms with Crippen LogP contribution in [0.3, 0.4) is 0 Å². The van der Waals surface area contributed by atoms with Crippen LogP contribution >= 0.6 is 0 Å². The Morgan fingerprint density at radius 3 is 2.43 bits per heavy atom. The molecule has 0 amide bonds. The minimum Gasteiger partial charge on any atom is -0.497 e. The van der Waals surface area contributed by atoms with Crippen LogP contribution in [-0.2, 0) is 11.3 Å². The first kappa shape index (κ1) is 15.2. The SMILES string of the molecule is COc1ccc(C(=O)C(C)OCc2ccccc2F)cc1. The van der Waals surface area contributed by atoms with Crippen molar-refractivity contribution in [2.75, 3.05) is 7.11 Å². The van der Waals surface area contributed by atoms with Crippen molar-refractivity contribution in [3.05, 3.63) is 65.5 Å². The van der Waals surface area contributed by atoms with Crippen molar-refractivity contribution in [2.24, 2.45) is 0 Å². The van der Waals surface area contributed by atoms with Gasteiger partial charge < -0.3 is 9.47 Å². The van der Waals surface area contributed by atoms with E-state index >= 15 is 0 Å². The van der Waals surface area contributed by atoms with E-state index in [-0.39, 0.29) is 18.2 Å². The summed E-state index contributed by atoms with van der Waals surface area (Å²) in [4.78, 5) is 12.2. The third-order valence-electron chi connectivity index (χ3n) is 3.19. The summed E-state index contributed by atoms with van der Waals surface area (Å²) in [6, 6.07) is 13.2. The first-order valence-corrected chi connectivity index (χ1v) is 6.65. The minimum absolute atomic E-state index is 0.0652. The zero-order chi connectivity index (χ0) is 15.2. The number of benzene rings is 2. The average molecular weight is 288 g/mol. The van der Waals surface area contributed by atoms with Gasteiger partial charge in [0.05, 0.1) is 13.7 Å². The molecule has 0 heterocycles. The number of Topliss-reactive ketones (excluding diaryl/α,β-unsaturated/α-hetero) is 1. The Balaban J connectivity index is 1.97. The molecule has 0 spiro atoms. The summed E-state index contributed by atoms with van der Waals surface area (Å²) in [7, 11) is 1.57. The van der Waals surface area contributed by atoms with E-state index < -0.39 is 6.10 Å². The molecule has 0 fully saturated rings. The molecule has 4 heteroatoms. The van der Waals surface area contributed by atoms with Gasteiger partial charge in [-0.05, 0) is 37.3 Å². The monoisotopic (exact) mass is 288 g/mol. The maximum Gasteiger partial charge on any atom is 0.191 e. The Morgan fingerprint density at radius 2 is 1.81 bits per heavy atom. The van der Waals surface area contributed by atoms with Gasteiger partial charge in [-0.15, -0.1) is 0 Å². The molecule has 0 aliphatic carbocycles. The molecule has 0 aromatic heterocycles. The molecule has 0 saturated carbocycles. The molecule has 0 N–H and O–H groups in total. The van der Waals surface area contributed by atoms with Crippen molar-refractivity contribution in [1.82, 2.24) is 0 Å². The Bertz CT molecular complexity index is 608. The van der Waals surface area contributed by atoms with Crippen LogP contribution in [0.1, 0.15) is 22.8 Å². The fourth-order valence-corrected chi connectivity index (χ4v) is 1.90. The normalized spacial score (nSPS) is 12.0. The number of ether oxygens (including phenoxy) is 2. The molecule has 0 aliphatic heterocycles. The van der Waals surface area contributed by atoms with Gasteiger partial charge in [-0.1, -0.05) is 18.2 Å². The van der Waals surface area contributed by atoms with E-state index in [0.717, 1.165) is 0 Å². The van der Waals surface area contributed by atoms with Crippen LogP contribution in [0.15, 0.2) is 48.5 Å². The fraction of sp³-hybridized carbons (Fsp3) is 0.235. The summed E-state index contributed by atoms with van der Waals surface area (Å²) in [6.45, 7) is 1.73. The molecule has 2 aromatic rings. The number of ketones is 1. The Kier molecular flexibility index (Phi) is 5.06. The van der Waals surface area contributed by atoms with E-state index in [0.29, 0.717) is 16.9 Å².